The zero-order chi connectivity index (χ0) is 14.5. The lowest BCUT2D eigenvalue weighted by Gasteiger charge is -2.06. The molecule has 0 heterocycles. The van der Waals surface area contributed by atoms with E-state index < -0.39 is 18.5 Å². The molecule has 19 heavy (non-hydrogen) atoms. The number of halogens is 3. The molecule has 0 aliphatic carbocycles. The third kappa shape index (κ3) is 6.25. The highest BCUT2D eigenvalue weighted by molar-refractivity contribution is 5.99. The van der Waals surface area contributed by atoms with Gasteiger partial charge >= 0.3 is 6.18 Å². The fourth-order valence-corrected chi connectivity index (χ4v) is 1.37. The number of hydrogen-bond acceptors (Lipinski definition) is 1. The smallest absolute Gasteiger partial charge is 0.370 e. The van der Waals surface area contributed by atoms with Crippen LogP contribution in [0.1, 0.15) is 11.1 Å². The van der Waals surface area contributed by atoms with Crippen molar-refractivity contribution in [3.63, 3.8) is 0 Å². The van der Waals surface area contributed by atoms with Crippen molar-refractivity contribution < 1.29 is 18.0 Å². The summed E-state index contributed by atoms with van der Waals surface area (Å²) in [5, 5.41) is 0. The molecule has 0 aliphatic heterocycles. The van der Waals surface area contributed by atoms with Crippen LogP contribution in [0.3, 0.4) is 0 Å². The van der Waals surface area contributed by atoms with Gasteiger partial charge in [0.1, 0.15) is 0 Å². The number of nitrogens with zero attached hydrogens (tertiary/aromatic N) is 1. The summed E-state index contributed by atoms with van der Waals surface area (Å²) in [5.41, 5.74) is 10.6. The second kappa shape index (κ2) is 6.03. The van der Waals surface area contributed by atoms with E-state index in [1.165, 1.54) is 24.3 Å². The molecular formula is C12H12F3N3O. The number of alkyl halides is 3. The minimum absolute atomic E-state index is 0.115. The summed E-state index contributed by atoms with van der Waals surface area (Å²) in [6.45, 7) is 0. The Morgan fingerprint density at radius 3 is 2.58 bits per heavy atom. The first-order chi connectivity index (χ1) is 8.76. The van der Waals surface area contributed by atoms with Crippen LogP contribution in [0.5, 0.6) is 0 Å². The van der Waals surface area contributed by atoms with E-state index in [1.54, 1.807) is 6.07 Å². The van der Waals surface area contributed by atoms with E-state index in [9.17, 15) is 18.0 Å². The Bertz CT molecular complexity index is 517. The normalized spacial score (nSPS) is 11.5. The van der Waals surface area contributed by atoms with Crippen LogP contribution < -0.4 is 11.5 Å². The molecule has 0 unspecified atom stereocenters. The molecule has 1 rings (SSSR count). The molecule has 0 fully saturated rings. The first-order valence-electron chi connectivity index (χ1n) is 5.23. The number of aliphatic imine (C=N–C) groups is 1. The number of benzene rings is 1. The van der Waals surface area contributed by atoms with Crippen LogP contribution in [0.25, 0.3) is 6.08 Å². The number of nitrogens with two attached hydrogens (primary N) is 2. The average molecular weight is 271 g/mol. The lowest BCUT2D eigenvalue weighted by molar-refractivity contribution is -0.127. The van der Waals surface area contributed by atoms with E-state index in [4.69, 9.17) is 11.5 Å². The summed E-state index contributed by atoms with van der Waals surface area (Å²) in [7, 11) is 0. The van der Waals surface area contributed by atoms with Crippen molar-refractivity contribution in [2.75, 3.05) is 0 Å². The molecule has 4 N–H and O–H groups in total. The molecule has 0 radical (unpaired) electrons. The molecule has 4 nitrogen and oxygen atoms in total. The lowest BCUT2D eigenvalue weighted by Crippen LogP contribution is -2.23. The molecule has 1 amide bonds. The lowest BCUT2D eigenvalue weighted by atomic mass is 10.1. The molecule has 0 bridgehead atoms. The van der Waals surface area contributed by atoms with Gasteiger partial charge in [0.15, 0.2) is 5.96 Å². The molecule has 0 aromatic heterocycles. The minimum atomic E-state index is -4.27. The number of hydrogen-bond donors (Lipinski definition) is 2. The molecule has 0 spiro atoms. The number of guanidine groups is 1. The fourth-order valence-electron chi connectivity index (χ4n) is 1.37. The monoisotopic (exact) mass is 271 g/mol. The maximum Gasteiger partial charge on any atom is 0.393 e. The van der Waals surface area contributed by atoms with Crippen molar-refractivity contribution in [3.05, 3.63) is 41.5 Å². The summed E-state index contributed by atoms with van der Waals surface area (Å²) < 4.78 is 36.6. The highest BCUT2D eigenvalue weighted by atomic mass is 19.4. The quantitative estimate of drug-likeness (QED) is 0.498. The van der Waals surface area contributed by atoms with E-state index in [1.807, 2.05) is 0 Å². The summed E-state index contributed by atoms with van der Waals surface area (Å²) in [4.78, 5) is 14.4. The Balaban J connectivity index is 2.80. The van der Waals surface area contributed by atoms with Crippen molar-refractivity contribution >= 4 is 17.9 Å². The van der Waals surface area contributed by atoms with Crippen LogP contribution >= 0.6 is 0 Å². The van der Waals surface area contributed by atoms with Crippen molar-refractivity contribution in [1.82, 2.24) is 0 Å². The predicted octanol–water partition coefficient (Wildman–Crippen LogP) is 1.60. The highest BCUT2D eigenvalue weighted by Gasteiger charge is 2.27. The summed E-state index contributed by atoms with van der Waals surface area (Å²) in [6.07, 6.45) is -2.87. The van der Waals surface area contributed by atoms with Gasteiger partial charge in [-0.2, -0.15) is 18.2 Å². The van der Waals surface area contributed by atoms with Crippen molar-refractivity contribution in [2.45, 2.75) is 12.6 Å². The first-order valence-corrected chi connectivity index (χ1v) is 5.23. The van der Waals surface area contributed by atoms with Crippen LogP contribution in [-0.4, -0.2) is 18.0 Å². The van der Waals surface area contributed by atoms with Gasteiger partial charge in [-0.05, 0) is 17.2 Å². The van der Waals surface area contributed by atoms with Gasteiger partial charge in [0.25, 0.3) is 5.91 Å². The van der Waals surface area contributed by atoms with Gasteiger partial charge in [-0.3, -0.25) is 4.79 Å². The van der Waals surface area contributed by atoms with Crippen molar-refractivity contribution in [1.29, 1.82) is 0 Å². The van der Waals surface area contributed by atoms with Crippen molar-refractivity contribution in [2.24, 2.45) is 16.5 Å². The maximum absolute atomic E-state index is 12.2. The van der Waals surface area contributed by atoms with Gasteiger partial charge in [0.2, 0.25) is 0 Å². The Morgan fingerprint density at radius 1 is 1.32 bits per heavy atom. The van der Waals surface area contributed by atoms with Crippen LogP contribution in [0.15, 0.2) is 35.3 Å². The van der Waals surface area contributed by atoms with Gasteiger partial charge in [-0.15, -0.1) is 0 Å². The van der Waals surface area contributed by atoms with E-state index in [2.05, 4.69) is 4.99 Å². The van der Waals surface area contributed by atoms with Gasteiger partial charge in [0, 0.05) is 6.08 Å². The molecular weight excluding hydrogens is 259 g/mol. The van der Waals surface area contributed by atoms with Crippen LogP contribution in [-0.2, 0) is 11.2 Å². The predicted molar refractivity (Wildman–Crippen MR) is 66.1 cm³/mol. The van der Waals surface area contributed by atoms with E-state index >= 15 is 0 Å². The molecule has 0 aliphatic rings. The van der Waals surface area contributed by atoms with Crippen molar-refractivity contribution in [3.8, 4) is 0 Å². The molecule has 1 aromatic rings. The van der Waals surface area contributed by atoms with Crippen LogP contribution in [0, 0.1) is 0 Å². The molecule has 0 saturated heterocycles. The maximum atomic E-state index is 12.2. The van der Waals surface area contributed by atoms with E-state index in [-0.39, 0.29) is 11.5 Å². The van der Waals surface area contributed by atoms with E-state index in [0.717, 1.165) is 6.08 Å². The number of carbonyl (C=O) groups excluding carboxylic acids is 1. The third-order valence-electron chi connectivity index (χ3n) is 2.01. The summed E-state index contributed by atoms with van der Waals surface area (Å²) in [6, 6.07) is 5.75. The minimum Gasteiger partial charge on any atom is -0.370 e. The summed E-state index contributed by atoms with van der Waals surface area (Å²) in [5.74, 6) is -1.05. The Labute approximate surface area is 107 Å². The number of amides is 1. The number of carbonyl (C=O) groups is 1. The van der Waals surface area contributed by atoms with E-state index in [0.29, 0.717) is 5.56 Å². The van der Waals surface area contributed by atoms with Gasteiger partial charge < -0.3 is 11.5 Å². The second-order valence-corrected chi connectivity index (χ2v) is 3.75. The average Bonchev–Trinajstić information content (AvgIpc) is 2.23. The standard InChI is InChI=1S/C12H12F3N3O/c13-12(14,15)7-9-3-1-2-8(6-9)4-5-10(19)18-11(16)17/h1-6H,7H2,(H4,16,17,18,19). The van der Waals surface area contributed by atoms with Gasteiger partial charge in [-0.25, -0.2) is 0 Å². The summed E-state index contributed by atoms with van der Waals surface area (Å²) >= 11 is 0. The van der Waals surface area contributed by atoms with Gasteiger partial charge in [-0.1, -0.05) is 24.3 Å². The second-order valence-electron chi connectivity index (χ2n) is 3.75. The largest absolute Gasteiger partial charge is 0.393 e. The van der Waals surface area contributed by atoms with Crippen LogP contribution in [0.2, 0.25) is 0 Å². The zero-order valence-electron chi connectivity index (χ0n) is 9.82. The molecule has 7 heteroatoms. The Morgan fingerprint density at radius 2 is 2.00 bits per heavy atom. The molecule has 0 saturated carbocycles. The number of rotatable bonds is 3. The first kappa shape index (κ1) is 14.7. The molecule has 1 aromatic carbocycles. The zero-order valence-corrected chi connectivity index (χ0v) is 9.82. The third-order valence-corrected chi connectivity index (χ3v) is 2.01. The SMILES string of the molecule is NC(N)=NC(=O)C=Cc1cccc(CC(F)(F)F)c1. The van der Waals surface area contributed by atoms with Crippen LogP contribution in [0.4, 0.5) is 13.2 Å². The Hall–Kier alpha value is -2.31. The molecule has 102 valence electrons. The fraction of sp³-hybridized carbons (Fsp3) is 0.167. The Kier molecular flexibility index (Phi) is 4.68. The highest BCUT2D eigenvalue weighted by Crippen LogP contribution is 2.21. The van der Waals surface area contributed by atoms with Gasteiger partial charge in [0.05, 0.1) is 6.42 Å². The molecule has 0 atom stereocenters. The topological polar surface area (TPSA) is 81.5 Å².